The number of rotatable bonds is 6. The molecule has 26 heavy (non-hydrogen) atoms. The monoisotopic (exact) mass is 355 g/mol. The molecule has 6 nitrogen and oxygen atoms in total. The molecule has 3 rings (SSSR count). The maximum absolute atomic E-state index is 12.8. The van der Waals surface area contributed by atoms with E-state index in [0.29, 0.717) is 17.5 Å². The van der Waals surface area contributed by atoms with Crippen molar-refractivity contribution in [3.05, 3.63) is 65.8 Å². The van der Waals surface area contributed by atoms with Crippen molar-refractivity contribution in [2.45, 2.75) is 13.5 Å². The molecule has 7 heteroatoms. The van der Waals surface area contributed by atoms with Gasteiger partial charge in [-0.15, -0.1) is 0 Å². The predicted molar refractivity (Wildman–Crippen MR) is 92.8 cm³/mol. The lowest BCUT2D eigenvalue weighted by Gasteiger charge is -2.15. The summed E-state index contributed by atoms with van der Waals surface area (Å²) < 4.78 is 23.4. The Morgan fingerprint density at radius 2 is 2.00 bits per heavy atom. The van der Waals surface area contributed by atoms with Gasteiger partial charge in [0.1, 0.15) is 11.6 Å². The van der Waals surface area contributed by atoms with Gasteiger partial charge in [0.2, 0.25) is 11.7 Å². The van der Waals surface area contributed by atoms with E-state index < -0.39 is 0 Å². The molecule has 0 unspecified atom stereocenters. The Morgan fingerprint density at radius 3 is 2.73 bits per heavy atom. The number of carbonyl (C=O) groups is 1. The third-order valence-electron chi connectivity index (χ3n) is 3.72. The molecule has 0 N–H and O–H groups in total. The van der Waals surface area contributed by atoms with E-state index in [-0.39, 0.29) is 24.9 Å². The summed E-state index contributed by atoms with van der Waals surface area (Å²) in [6.45, 7) is 1.99. The van der Waals surface area contributed by atoms with E-state index in [4.69, 9.17) is 9.26 Å². The van der Waals surface area contributed by atoms with Crippen molar-refractivity contribution in [2.75, 3.05) is 13.7 Å². The van der Waals surface area contributed by atoms with Gasteiger partial charge in [-0.1, -0.05) is 28.9 Å². The minimum atomic E-state index is -0.360. The molecular weight excluding hydrogens is 337 g/mol. The highest BCUT2D eigenvalue weighted by atomic mass is 19.1. The van der Waals surface area contributed by atoms with Crippen LogP contribution in [0.1, 0.15) is 11.5 Å². The number of aromatic nitrogens is 2. The first kappa shape index (κ1) is 17.6. The van der Waals surface area contributed by atoms with Crippen LogP contribution in [-0.2, 0) is 11.3 Å². The second-order valence-corrected chi connectivity index (χ2v) is 5.87. The number of benzene rings is 2. The molecule has 0 bridgehead atoms. The average molecular weight is 355 g/mol. The molecule has 0 atom stereocenters. The number of nitrogens with zero attached hydrogens (tertiary/aromatic N) is 3. The van der Waals surface area contributed by atoms with E-state index in [2.05, 4.69) is 10.1 Å². The maximum atomic E-state index is 12.8. The molecule has 2 aromatic carbocycles. The Hall–Kier alpha value is -3.22. The van der Waals surface area contributed by atoms with Crippen LogP contribution in [0.2, 0.25) is 0 Å². The molecule has 0 saturated carbocycles. The Labute approximate surface area is 150 Å². The van der Waals surface area contributed by atoms with Crippen LogP contribution >= 0.6 is 0 Å². The predicted octanol–water partition coefficient (Wildman–Crippen LogP) is 3.22. The lowest BCUT2D eigenvalue weighted by Crippen LogP contribution is -2.31. The van der Waals surface area contributed by atoms with E-state index >= 15 is 0 Å². The highest BCUT2D eigenvalue weighted by molar-refractivity contribution is 5.77. The molecule has 1 aromatic heterocycles. The van der Waals surface area contributed by atoms with Crippen molar-refractivity contribution in [1.82, 2.24) is 15.0 Å². The zero-order valence-electron chi connectivity index (χ0n) is 14.5. The smallest absolute Gasteiger partial charge is 0.260 e. The molecule has 1 amide bonds. The second-order valence-electron chi connectivity index (χ2n) is 5.87. The van der Waals surface area contributed by atoms with Crippen molar-refractivity contribution < 1.29 is 18.4 Å². The van der Waals surface area contributed by atoms with Gasteiger partial charge >= 0.3 is 0 Å². The Balaban J connectivity index is 1.56. The number of aryl methyl sites for hydroxylation is 1. The summed E-state index contributed by atoms with van der Waals surface area (Å²) in [4.78, 5) is 17.9. The van der Waals surface area contributed by atoms with E-state index in [9.17, 15) is 9.18 Å². The molecule has 0 fully saturated rings. The van der Waals surface area contributed by atoms with Crippen LogP contribution < -0.4 is 4.74 Å². The maximum Gasteiger partial charge on any atom is 0.260 e. The highest BCUT2D eigenvalue weighted by Crippen LogP contribution is 2.17. The summed E-state index contributed by atoms with van der Waals surface area (Å²) >= 11 is 0. The zero-order valence-corrected chi connectivity index (χ0v) is 14.5. The summed E-state index contributed by atoms with van der Waals surface area (Å²) in [6.07, 6.45) is 0. The summed E-state index contributed by atoms with van der Waals surface area (Å²) in [5, 5.41) is 3.95. The summed E-state index contributed by atoms with van der Waals surface area (Å²) in [5.74, 6) is 0.616. The molecule has 1 heterocycles. The van der Waals surface area contributed by atoms with Gasteiger partial charge in [0, 0.05) is 12.6 Å². The molecule has 0 saturated heterocycles. The van der Waals surface area contributed by atoms with Gasteiger partial charge in [0.05, 0.1) is 6.54 Å². The number of amides is 1. The standard InChI is InChI=1S/C19H18FN3O3/c1-13-4-3-5-14(10-13)19-21-17(26-22-19)11-23(2)18(24)12-25-16-8-6-15(20)7-9-16/h3-10H,11-12H2,1-2H3. The molecule has 3 aromatic rings. The van der Waals surface area contributed by atoms with Crippen molar-refractivity contribution >= 4 is 5.91 Å². The molecule has 0 radical (unpaired) electrons. The quantitative estimate of drug-likeness (QED) is 0.679. The van der Waals surface area contributed by atoms with Gasteiger partial charge in [-0.05, 0) is 37.3 Å². The number of ether oxygens (including phenoxy) is 1. The van der Waals surface area contributed by atoms with E-state index in [1.807, 2.05) is 31.2 Å². The highest BCUT2D eigenvalue weighted by Gasteiger charge is 2.15. The molecule has 0 aliphatic heterocycles. The zero-order chi connectivity index (χ0) is 18.5. The van der Waals surface area contributed by atoms with Crippen molar-refractivity contribution in [3.63, 3.8) is 0 Å². The molecular formula is C19H18FN3O3. The third kappa shape index (κ3) is 4.44. The molecule has 0 aliphatic rings. The largest absolute Gasteiger partial charge is 0.484 e. The first-order chi connectivity index (χ1) is 12.5. The molecule has 134 valence electrons. The van der Waals surface area contributed by atoms with E-state index in [0.717, 1.165) is 11.1 Å². The SMILES string of the molecule is Cc1cccc(-c2noc(CN(C)C(=O)COc3ccc(F)cc3)n2)c1. The topological polar surface area (TPSA) is 68.5 Å². The third-order valence-corrected chi connectivity index (χ3v) is 3.72. The van der Waals surface area contributed by atoms with Crippen LogP contribution in [0.4, 0.5) is 4.39 Å². The number of carbonyl (C=O) groups excluding carboxylic acids is 1. The van der Waals surface area contributed by atoms with Gasteiger partial charge in [0.15, 0.2) is 6.61 Å². The summed E-state index contributed by atoms with van der Waals surface area (Å²) in [5.41, 5.74) is 1.95. The number of likely N-dealkylation sites (N-methyl/N-ethyl adjacent to an activating group) is 1. The number of hydrogen-bond acceptors (Lipinski definition) is 5. The average Bonchev–Trinajstić information content (AvgIpc) is 3.09. The minimum Gasteiger partial charge on any atom is -0.484 e. The van der Waals surface area contributed by atoms with E-state index in [1.54, 1.807) is 7.05 Å². The summed E-state index contributed by atoms with van der Waals surface area (Å²) in [7, 11) is 1.62. The Morgan fingerprint density at radius 1 is 1.23 bits per heavy atom. The van der Waals surface area contributed by atoms with Crippen molar-refractivity contribution in [2.24, 2.45) is 0 Å². The van der Waals surface area contributed by atoms with Crippen molar-refractivity contribution in [1.29, 1.82) is 0 Å². The van der Waals surface area contributed by atoms with Gasteiger partial charge in [-0.25, -0.2) is 4.39 Å². The minimum absolute atomic E-state index is 0.166. The fraction of sp³-hybridized carbons (Fsp3) is 0.211. The van der Waals surface area contributed by atoms with E-state index in [1.165, 1.54) is 29.2 Å². The Bertz CT molecular complexity index is 893. The first-order valence-corrected chi connectivity index (χ1v) is 8.03. The fourth-order valence-corrected chi connectivity index (χ4v) is 2.30. The molecule has 0 spiro atoms. The van der Waals surface area contributed by atoms with Crippen LogP contribution in [0.25, 0.3) is 11.4 Å². The van der Waals surface area contributed by atoms with Crippen LogP contribution in [-0.4, -0.2) is 34.6 Å². The summed E-state index contributed by atoms with van der Waals surface area (Å²) in [6, 6.07) is 13.2. The number of hydrogen-bond donors (Lipinski definition) is 0. The molecule has 0 aliphatic carbocycles. The van der Waals surface area contributed by atoms with Crippen LogP contribution in [0.5, 0.6) is 5.75 Å². The van der Waals surface area contributed by atoms with Crippen LogP contribution in [0.3, 0.4) is 0 Å². The van der Waals surface area contributed by atoms with Gasteiger partial charge in [-0.2, -0.15) is 4.98 Å². The second kappa shape index (κ2) is 7.77. The van der Waals surface area contributed by atoms with Crippen LogP contribution in [0, 0.1) is 12.7 Å². The van der Waals surface area contributed by atoms with Crippen LogP contribution in [0.15, 0.2) is 53.1 Å². The lowest BCUT2D eigenvalue weighted by molar-refractivity contribution is -0.132. The Kier molecular flexibility index (Phi) is 5.26. The van der Waals surface area contributed by atoms with Gasteiger partial charge in [0.25, 0.3) is 5.91 Å². The lowest BCUT2D eigenvalue weighted by atomic mass is 10.1. The first-order valence-electron chi connectivity index (χ1n) is 8.03. The van der Waals surface area contributed by atoms with Gasteiger partial charge in [-0.3, -0.25) is 4.79 Å². The van der Waals surface area contributed by atoms with Gasteiger partial charge < -0.3 is 14.2 Å². The fourth-order valence-electron chi connectivity index (χ4n) is 2.30. The number of halogens is 1. The van der Waals surface area contributed by atoms with Crippen molar-refractivity contribution in [3.8, 4) is 17.1 Å². The normalized spacial score (nSPS) is 10.6.